The van der Waals surface area contributed by atoms with Crippen molar-refractivity contribution < 1.29 is 14.3 Å². The molecule has 0 spiro atoms. The molecule has 0 unspecified atom stereocenters. The first-order chi connectivity index (χ1) is 9.51. The zero-order valence-electron chi connectivity index (χ0n) is 11.5. The third kappa shape index (κ3) is 2.85. The van der Waals surface area contributed by atoms with Gasteiger partial charge in [-0.15, -0.1) is 0 Å². The predicted molar refractivity (Wildman–Crippen MR) is 73.8 cm³/mol. The van der Waals surface area contributed by atoms with Crippen molar-refractivity contribution in [2.45, 2.75) is 13.8 Å². The van der Waals surface area contributed by atoms with E-state index in [1.807, 2.05) is 19.9 Å². The lowest BCUT2D eigenvalue weighted by atomic mass is 10.1. The molecule has 0 aliphatic carbocycles. The Morgan fingerprint density at radius 2 is 1.95 bits per heavy atom. The van der Waals surface area contributed by atoms with Gasteiger partial charge in [-0.3, -0.25) is 4.98 Å². The molecule has 0 radical (unpaired) electrons. The number of esters is 1. The van der Waals surface area contributed by atoms with Crippen molar-refractivity contribution in [1.82, 2.24) is 9.97 Å². The van der Waals surface area contributed by atoms with E-state index in [1.165, 1.54) is 19.5 Å². The van der Waals surface area contributed by atoms with E-state index in [9.17, 15) is 4.79 Å². The SMILES string of the molecule is COC(=O)c1cncc(Oc2cc(N)c(C)cc2C)n1. The molecule has 6 nitrogen and oxygen atoms in total. The third-order valence-electron chi connectivity index (χ3n) is 2.79. The summed E-state index contributed by atoms with van der Waals surface area (Å²) in [6, 6.07) is 3.64. The first-order valence-corrected chi connectivity index (χ1v) is 5.96. The molecule has 0 aliphatic heterocycles. The number of nitrogens with two attached hydrogens (primary N) is 1. The number of hydrogen-bond donors (Lipinski definition) is 1. The quantitative estimate of drug-likeness (QED) is 0.681. The minimum atomic E-state index is -0.567. The Hall–Kier alpha value is -2.63. The van der Waals surface area contributed by atoms with Crippen molar-refractivity contribution >= 4 is 11.7 Å². The molecule has 0 fully saturated rings. The number of aromatic nitrogens is 2. The van der Waals surface area contributed by atoms with Crippen LogP contribution in [0.15, 0.2) is 24.5 Å². The van der Waals surface area contributed by atoms with Crippen molar-refractivity contribution in [1.29, 1.82) is 0 Å². The number of nitrogen functional groups attached to an aromatic ring is 1. The van der Waals surface area contributed by atoms with Crippen molar-refractivity contribution in [3.05, 3.63) is 41.3 Å². The first-order valence-electron chi connectivity index (χ1n) is 5.96. The molecule has 1 aromatic heterocycles. The maximum Gasteiger partial charge on any atom is 0.358 e. The molecule has 0 amide bonds. The highest BCUT2D eigenvalue weighted by atomic mass is 16.5. The van der Waals surface area contributed by atoms with E-state index in [2.05, 4.69) is 14.7 Å². The maximum atomic E-state index is 11.4. The highest BCUT2D eigenvalue weighted by Gasteiger charge is 2.11. The third-order valence-corrected chi connectivity index (χ3v) is 2.79. The van der Waals surface area contributed by atoms with Gasteiger partial charge in [0.15, 0.2) is 5.69 Å². The van der Waals surface area contributed by atoms with Crippen molar-refractivity contribution in [3.8, 4) is 11.6 Å². The highest BCUT2D eigenvalue weighted by Crippen LogP contribution is 2.28. The van der Waals surface area contributed by atoms with Gasteiger partial charge in [0.05, 0.1) is 19.5 Å². The lowest BCUT2D eigenvalue weighted by Crippen LogP contribution is -2.05. The summed E-state index contributed by atoms with van der Waals surface area (Å²) in [4.78, 5) is 19.3. The van der Waals surface area contributed by atoms with E-state index in [-0.39, 0.29) is 11.6 Å². The summed E-state index contributed by atoms with van der Waals surface area (Å²) >= 11 is 0. The molecule has 0 bridgehead atoms. The molecular formula is C14H15N3O3. The van der Waals surface area contributed by atoms with Crippen LogP contribution >= 0.6 is 0 Å². The minimum absolute atomic E-state index is 0.0859. The molecular weight excluding hydrogens is 258 g/mol. The molecule has 1 aromatic carbocycles. The van der Waals surface area contributed by atoms with Crippen LogP contribution in [0.25, 0.3) is 0 Å². The summed E-state index contributed by atoms with van der Waals surface area (Å²) in [6.45, 7) is 3.82. The van der Waals surface area contributed by atoms with Gasteiger partial charge in [0, 0.05) is 11.8 Å². The number of ether oxygens (including phenoxy) is 2. The van der Waals surface area contributed by atoms with Crippen LogP contribution in [-0.4, -0.2) is 23.0 Å². The fourth-order valence-electron chi connectivity index (χ4n) is 1.67. The van der Waals surface area contributed by atoms with Gasteiger partial charge >= 0.3 is 5.97 Å². The number of benzene rings is 1. The van der Waals surface area contributed by atoms with Gasteiger partial charge in [-0.05, 0) is 25.0 Å². The molecule has 0 saturated heterocycles. The number of hydrogen-bond acceptors (Lipinski definition) is 6. The summed E-state index contributed by atoms with van der Waals surface area (Å²) in [5, 5.41) is 0. The summed E-state index contributed by atoms with van der Waals surface area (Å²) in [5.41, 5.74) is 8.46. The Bertz CT molecular complexity index is 656. The Morgan fingerprint density at radius 1 is 1.20 bits per heavy atom. The predicted octanol–water partition coefficient (Wildman–Crippen LogP) is 2.25. The van der Waals surface area contributed by atoms with Crippen LogP contribution in [0.2, 0.25) is 0 Å². The number of carbonyl (C=O) groups excluding carboxylic acids is 1. The summed E-state index contributed by atoms with van der Waals surface area (Å²) in [6.07, 6.45) is 2.73. The summed E-state index contributed by atoms with van der Waals surface area (Å²) in [5.74, 6) is 0.215. The Kier molecular flexibility index (Phi) is 3.84. The molecule has 0 saturated carbocycles. The van der Waals surface area contributed by atoms with Gasteiger partial charge in [0.1, 0.15) is 5.75 Å². The van der Waals surface area contributed by atoms with Gasteiger partial charge in [-0.2, -0.15) is 0 Å². The van der Waals surface area contributed by atoms with E-state index >= 15 is 0 Å². The molecule has 6 heteroatoms. The monoisotopic (exact) mass is 273 g/mol. The van der Waals surface area contributed by atoms with Crippen LogP contribution < -0.4 is 10.5 Å². The molecule has 2 aromatic rings. The topological polar surface area (TPSA) is 87.3 Å². The Labute approximate surface area is 116 Å². The lowest BCUT2D eigenvalue weighted by molar-refractivity contribution is 0.0592. The van der Waals surface area contributed by atoms with Crippen LogP contribution in [0, 0.1) is 13.8 Å². The Morgan fingerprint density at radius 3 is 2.65 bits per heavy atom. The maximum absolute atomic E-state index is 11.4. The molecule has 0 atom stereocenters. The van der Waals surface area contributed by atoms with Gasteiger partial charge in [-0.25, -0.2) is 9.78 Å². The average Bonchev–Trinajstić information content (AvgIpc) is 2.44. The second-order valence-corrected chi connectivity index (χ2v) is 4.31. The van der Waals surface area contributed by atoms with Crippen molar-refractivity contribution in [2.75, 3.05) is 12.8 Å². The smallest absolute Gasteiger partial charge is 0.358 e. The standard InChI is InChI=1S/C14H15N3O3/c1-8-4-9(2)12(5-10(8)15)20-13-7-16-6-11(17-13)14(18)19-3/h4-7H,15H2,1-3H3. The van der Waals surface area contributed by atoms with E-state index in [0.29, 0.717) is 11.4 Å². The molecule has 104 valence electrons. The molecule has 2 rings (SSSR count). The number of aryl methyl sites for hydroxylation is 2. The summed E-state index contributed by atoms with van der Waals surface area (Å²) < 4.78 is 10.2. The largest absolute Gasteiger partial charge is 0.464 e. The van der Waals surface area contributed by atoms with Gasteiger partial charge in [0.25, 0.3) is 0 Å². The minimum Gasteiger partial charge on any atom is -0.464 e. The van der Waals surface area contributed by atoms with E-state index < -0.39 is 5.97 Å². The van der Waals surface area contributed by atoms with Crippen LogP contribution in [-0.2, 0) is 4.74 Å². The van der Waals surface area contributed by atoms with Gasteiger partial charge < -0.3 is 15.2 Å². The van der Waals surface area contributed by atoms with Crippen LogP contribution in [0.4, 0.5) is 5.69 Å². The molecule has 20 heavy (non-hydrogen) atoms. The zero-order chi connectivity index (χ0) is 14.7. The van der Waals surface area contributed by atoms with E-state index in [1.54, 1.807) is 6.07 Å². The highest BCUT2D eigenvalue weighted by molar-refractivity contribution is 5.86. The Balaban J connectivity index is 2.31. The first kappa shape index (κ1) is 13.8. The number of nitrogens with zero attached hydrogens (tertiary/aromatic N) is 2. The fraction of sp³-hybridized carbons (Fsp3) is 0.214. The van der Waals surface area contributed by atoms with Crippen molar-refractivity contribution in [3.63, 3.8) is 0 Å². The number of rotatable bonds is 3. The number of carbonyl (C=O) groups is 1. The zero-order valence-corrected chi connectivity index (χ0v) is 11.5. The lowest BCUT2D eigenvalue weighted by Gasteiger charge is -2.10. The van der Waals surface area contributed by atoms with Gasteiger partial charge in [0.2, 0.25) is 5.88 Å². The fourth-order valence-corrected chi connectivity index (χ4v) is 1.67. The number of methoxy groups -OCH3 is 1. The molecule has 0 aliphatic rings. The van der Waals surface area contributed by atoms with Gasteiger partial charge in [-0.1, -0.05) is 6.07 Å². The molecule has 2 N–H and O–H groups in total. The van der Waals surface area contributed by atoms with E-state index in [0.717, 1.165) is 11.1 Å². The average molecular weight is 273 g/mol. The normalized spacial score (nSPS) is 10.2. The second kappa shape index (κ2) is 5.56. The second-order valence-electron chi connectivity index (χ2n) is 4.31. The number of anilines is 1. The van der Waals surface area contributed by atoms with Crippen LogP contribution in [0.5, 0.6) is 11.6 Å². The van der Waals surface area contributed by atoms with Crippen LogP contribution in [0.1, 0.15) is 21.6 Å². The van der Waals surface area contributed by atoms with Crippen LogP contribution in [0.3, 0.4) is 0 Å². The molecule has 1 heterocycles. The van der Waals surface area contributed by atoms with E-state index in [4.69, 9.17) is 10.5 Å². The van der Waals surface area contributed by atoms with Crippen molar-refractivity contribution in [2.24, 2.45) is 0 Å². The summed E-state index contributed by atoms with van der Waals surface area (Å²) in [7, 11) is 1.28.